The molecule has 5 nitrogen and oxygen atoms in total. The fourth-order valence-corrected chi connectivity index (χ4v) is 4.28. The molecule has 3 aromatic rings. The molecular formula is C28H34N2O3. The molecule has 0 N–H and O–H groups in total. The molecule has 0 spiro atoms. The van der Waals surface area contributed by atoms with Crippen molar-refractivity contribution in [3.8, 4) is 17.2 Å². The van der Waals surface area contributed by atoms with E-state index in [1.54, 1.807) is 14.2 Å². The van der Waals surface area contributed by atoms with Gasteiger partial charge in [-0.25, -0.2) is 0 Å². The van der Waals surface area contributed by atoms with E-state index in [9.17, 15) is 0 Å². The first-order valence-corrected chi connectivity index (χ1v) is 11.6. The summed E-state index contributed by atoms with van der Waals surface area (Å²) in [6.45, 7) is 6.75. The van der Waals surface area contributed by atoms with E-state index in [0.29, 0.717) is 6.61 Å². The Bertz CT molecular complexity index is 979. The Balaban J connectivity index is 1.23. The molecule has 1 heterocycles. The molecule has 1 saturated heterocycles. The van der Waals surface area contributed by atoms with Crippen LogP contribution in [0.3, 0.4) is 0 Å². The van der Waals surface area contributed by atoms with Crippen LogP contribution in [-0.4, -0.2) is 63.4 Å². The molecule has 0 amide bonds. The van der Waals surface area contributed by atoms with Gasteiger partial charge < -0.3 is 14.2 Å². The summed E-state index contributed by atoms with van der Waals surface area (Å²) in [4.78, 5) is 4.98. The third kappa shape index (κ3) is 6.73. The number of para-hydroxylation sites is 1. The third-order valence-corrected chi connectivity index (χ3v) is 6.16. The molecule has 0 aromatic heterocycles. The minimum atomic E-state index is 0.707. The summed E-state index contributed by atoms with van der Waals surface area (Å²) < 4.78 is 17.0. The van der Waals surface area contributed by atoms with Crippen molar-refractivity contribution in [1.29, 1.82) is 0 Å². The molecule has 1 fully saturated rings. The molecule has 3 aromatic carbocycles. The Kier molecular flexibility index (Phi) is 8.23. The molecule has 0 saturated carbocycles. The predicted octanol–water partition coefficient (Wildman–Crippen LogP) is 4.49. The minimum Gasteiger partial charge on any atom is -0.497 e. The van der Waals surface area contributed by atoms with Gasteiger partial charge in [-0.2, -0.15) is 0 Å². The number of benzene rings is 3. The fraction of sp³-hybridized carbons (Fsp3) is 0.357. The van der Waals surface area contributed by atoms with Gasteiger partial charge in [0.25, 0.3) is 0 Å². The maximum Gasteiger partial charge on any atom is 0.122 e. The van der Waals surface area contributed by atoms with Gasteiger partial charge in [0.2, 0.25) is 0 Å². The van der Waals surface area contributed by atoms with Gasteiger partial charge in [-0.15, -0.1) is 0 Å². The monoisotopic (exact) mass is 446 g/mol. The summed E-state index contributed by atoms with van der Waals surface area (Å²) in [7, 11) is 3.39. The smallest absolute Gasteiger partial charge is 0.122 e. The zero-order valence-electron chi connectivity index (χ0n) is 19.7. The van der Waals surface area contributed by atoms with Crippen molar-refractivity contribution < 1.29 is 14.2 Å². The van der Waals surface area contributed by atoms with E-state index in [4.69, 9.17) is 14.2 Å². The van der Waals surface area contributed by atoms with E-state index in [-0.39, 0.29) is 0 Å². The lowest BCUT2D eigenvalue weighted by atomic mass is 10.0. The normalized spacial score (nSPS) is 14.7. The highest BCUT2D eigenvalue weighted by Gasteiger charge is 2.17. The third-order valence-electron chi connectivity index (χ3n) is 6.16. The van der Waals surface area contributed by atoms with E-state index in [0.717, 1.165) is 62.9 Å². The van der Waals surface area contributed by atoms with Crippen molar-refractivity contribution in [2.24, 2.45) is 0 Å². The van der Waals surface area contributed by atoms with E-state index >= 15 is 0 Å². The maximum atomic E-state index is 6.20. The average molecular weight is 447 g/mol. The Morgan fingerprint density at radius 1 is 0.697 bits per heavy atom. The van der Waals surface area contributed by atoms with Gasteiger partial charge in [0.15, 0.2) is 0 Å². The molecule has 33 heavy (non-hydrogen) atoms. The predicted molar refractivity (Wildman–Crippen MR) is 132 cm³/mol. The summed E-state index contributed by atoms with van der Waals surface area (Å²) in [5.41, 5.74) is 3.76. The van der Waals surface area contributed by atoms with Crippen LogP contribution in [0.25, 0.3) is 0 Å². The molecule has 4 rings (SSSR count). The minimum absolute atomic E-state index is 0.707. The second-order valence-electron chi connectivity index (χ2n) is 8.46. The van der Waals surface area contributed by atoms with Crippen molar-refractivity contribution in [1.82, 2.24) is 9.80 Å². The van der Waals surface area contributed by atoms with Gasteiger partial charge in [-0.3, -0.25) is 9.80 Å². The summed E-state index contributed by atoms with van der Waals surface area (Å²) in [6.07, 6.45) is 0.894. The first-order chi connectivity index (χ1) is 16.2. The van der Waals surface area contributed by atoms with Crippen LogP contribution in [0.1, 0.15) is 16.7 Å². The summed E-state index contributed by atoms with van der Waals surface area (Å²) in [6, 6.07) is 25.0. The molecule has 5 heteroatoms. The van der Waals surface area contributed by atoms with Crippen molar-refractivity contribution in [3.63, 3.8) is 0 Å². The highest BCUT2D eigenvalue weighted by molar-refractivity contribution is 5.39. The molecular weight excluding hydrogens is 412 g/mol. The van der Waals surface area contributed by atoms with E-state index in [1.807, 2.05) is 6.07 Å². The zero-order valence-corrected chi connectivity index (χ0v) is 19.7. The van der Waals surface area contributed by atoms with Crippen LogP contribution < -0.4 is 14.2 Å². The zero-order chi connectivity index (χ0) is 22.9. The number of ether oxygens (including phenoxy) is 3. The number of nitrogens with zero attached hydrogens (tertiary/aromatic N) is 2. The first-order valence-electron chi connectivity index (χ1n) is 11.6. The van der Waals surface area contributed by atoms with Crippen molar-refractivity contribution in [2.45, 2.75) is 13.0 Å². The molecule has 0 atom stereocenters. The molecule has 0 bridgehead atoms. The highest BCUT2D eigenvalue weighted by atomic mass is 16.5. The second-order valence-corrected chi connectivity index (χ2v) is 8.46. The SMILES string of the molecule is COc1cc(CN2CCN(CCOc3ccccc3Cc3ccccc3)CC2)cc(OC)c1. The van der Waals surface area contributed by atoms with Crippen molar-refractivity contribution in [3.05, 3.63) is 89.5 Å². The van der Waals surface area contributed by atoms with E-state index in [1.165, 1.54) is 16.7 Å². The van der Waals surface area contributed by atoms with Crippen LogP contribution in [0.5, 0.6) is 17.2 Å². The molecule has 0 unspecified atom stereocenters. The summed E-state index contributed by atoms with van der Waals surface area (Å²) in [5, 5.41) is 0. The lowest BCUT2D eigenvalue weighted by molar-refractivity contribution is 0.112. The van der Waals surface area contributed by atoms with Crippen molar-refractivity contribution in [2.75, 3.05) is 53.6 Å². The lowest BCUT2D eigenvalue weighted by Crippen LogP contribution is -2.47. The van der Waals surface area contributed by atoms with Crippen LogP contribution in [-0.2, 0) is 13.0 Å². The number of rotatable bonds is 10. The number of methoxy groups -OCH3 is 2. The topological polar surface area (TPSA) is 34.2 Å². The molecule has 1 aliphatic heterocycles. The van der Waals surface area contributed by atoms with Crippen LogP contribution in [0.4, 0.5) is 0 Å². The first kappa shape index (κ1) is 23.1. The summed E-state index contributed by atoms with van der Waals surface area (Å²) in [5.74, 6) is 2.67. The van der Waals surface area contributed by atoms with Gasteiger partial charge in [-0.05, 0) is 34.9 Å². The maximum absolute atomic E-state index is 6.20. The van der Waals surface area contributed by atoms with Crippen LogP contribution in [0.2, 0.25) is 0 Å². The van der Waals surface area contributed by atoms with E-state index < -0.39 is 0 Å². The highest BCUT2D eigenvalue weighted by Crippen LogP contribution is 2.24. The molecule has 174 valence electrons. The number of piperazine rings is 1. The number of hydrogen-bond acceptors (Lipinski definition) is 5. The largest absolute Gasteiger partial charge is 0.497 e. The second kappa shape index (κ2) is 11.7. The van der Waals surface area contributed by atoms with Gasteiger partial charge in [0.1, 0.15) is 23.9 Å². The van der Waals surface area contributed by atoms with Gasteiger partial charge in [0.05, 0.1) is 14.2 Å². The van der Waals surface area contributed by atoms with E-state index in [2.05, 4.69) is 76.5 Å². The Morgan fingerprint density at radius 2 is 1.33 bits per heavy atom. The van der Waals surface area contributed by atoms with Gasteiger partial charge >= 0.3 is 0 Å². The van der Waals surface area contributed by atoms with Crippen LogP contribution in [0, 0.1) is 0 Å². The number of hydrogen-bond donors (Lipinski definition) is 0. The Morgan fingerprint density at radius 3 is 2.03 bits per heavy atom. The van der Waals surface area contributed by atoms with Gasteiger partial charge in [-0.1, -0.05) is 48.5 Å². The lowest BCUT2D eigenvalue weighted by Gasteiger charge is -2.34. The average Bonchev–Trinajstić information content (AvgIpc) is 2.86. The van der Waals surface area contributed by atoms with Crippen LogP contribution >= 0.6 is 0 Å². The Hall–Kier alpha value is -3.02. The standard InChI is InChI=1S/C28H34N2O3/c1-31-26-19-24(20-27(21-26)32-2)22-30-14-12-29(13-15-30)16-17-33-28-11-7-6-10-25(28)18-23-8-4-3-5-9-23/h3-11,19-21H,12-18,22H2,1-2H3. The molecule has 0 aliphatic carbocycles. The van der Waals surface area contributed by atoms with Crippen molar-refractivity contribution >= 4 is 0 Å². The van der Waals surface area contributed by atoms with Gasteiger partial charge in [0, 0.05) is 51.8 Å². The Labute approximate surface area is 197 Å². The summed E-state index contributed by atoms with van der Waals surface area (Å²) >= 11 is 0. The molecule has 1 aliphatic rings. The van der Waals surface area contributed by atoms with Crippen LogP contribution in [0.15, 0.2) is 72.8 Å². The molecule has 0 radical (unpaired) electrons. The quantitative estimate of drug-likeness (QED) is 0.458. The fourth-order valence-electron chi connectivity index (χ4n) is 4.28.